The predicted octanol–water partition coefficient (Wildman–Crippen LogP) is 0.731. The van der Waals surface area contributed by atoms with Crippen molar-refractivity contribution in [3.8, 4) is 0 Å². The molecule has 21 heavy (non-hydrogen) atoms. The maximum atomic E-state index is 6.42. The summed E-state index contributed by atoms with van der Waals surface area (Å²) in [5.74, 6) is 5.76. The van der Waals surface area contributed by atoms with Crippen molar-refractivity contribution in [3.63, 3.8) is 0 Å². The number of likely N-dealkylation sites (N-methyl/N-ethyl adjacent to an activating group) is 1. The molecule has 0 aliphatic carbocycles. The van der Waals surface area contributed by atoms with E-state index < -0.39 is 0 Å². The van der Waals surface area contributed by atoms with E-state index >= 15 is 0 Å². The summed E-state index contributed by atoms with van der Waals surface area (Å²) in [5, 5.41) is 5.21. The van der Waals surface area contributed by atoms with Gasteiger partial charge in [0.05, 0.1) is 35.2 Å². The van der Waals surface area contributed by atoms with Crippen molar-refractivity contribution in [2.24, 2.45) is 12.9 Å². The molecule has 0 radical (unpaired) electrons. The number of hydrogen-bond donors (Lipinski definition) is 2. The van der Waals surface area contributed by atoms with Crippen molar-refractivity contribution in [2.45, 2.75) is 38.8 Å². The van der Waals surface area contributed by atoms with Crippen LogP contribution in [0.2, 0.25) is 5.02 Å². The summed E-state index contributed by atoms with van der Waals surface area (Å²) in [5.41, 5.74) is 4.84. The fraction of sp³-hybridized carbons (Fsp3) is 0.786. The van der Waals surface area contributed by atoms with Gasteiger partial charge in [0.1, 0.15) is 0 Å². The van der Waals surface area contributed by atoms with Crippen molar-refractivity contribution in [1.82, 2.24) is 20.1 Å². The normalized spacial score (nSPS) is 21.7. The molecule has 0 bridgehead atoms. The third-order valence-corrected chi connectivity index (χ3v) is 4.64. The summed E-state index contributed by atoms with van der Waals surface area (Å²) in [7, 11) is 1.92. The van der Waals surface area contributed by atoms with Crippen LogP contribution in [0.15, 0.2) is 0 Å². The summed E-state index contributed by atoms with van der Waals surface area (Å²) in [6.45, 7) is 7.87. The van der Waals surface area contributed by atoms with Gasteiger partial charge >= 0.3 is 0 Å². The molecule has 3 N–H and O–H groups in total. The molecule has 1 aromatic heterocycles. The predicted molar refractivity (Wildman–Crippen MR) is 84.3 cm³/mol. The highest BCUT2D eigenvalue weighted by Crippen LogP contribution is 2.23. The number of nitrogens with two attached hydrogens (primary N) is 1. The number of hydrogen-bond acceptors (Lipinski definition) is 5. The molecule has 1 aromatic rings. The molecule has 2 heterocycles. The van der Waals surface area contributed by atoms with Crippen LogP contribution in [0.5, 0.6) is 0 Å². The SMILES string of the molecule is CCc1nn(C)c(CC(NN)C2CN(CC)CCO2)c1Cl. The van der Waals surface area contributed by atoms with E-state index in [1.54, 1.807) is 0 Å². The van der Waals surface area contributed by atoms with Crippen molar-refractivity contribution in [1.29, 1.82) is 0 Å². The lowest BCUT2D eigenvalue weighted by Gasteiger charge is -2.36. The van der Waals surface area contributed by atoms with Crippen LogP contribution >= 0.6 is 11.6 Å². The van der Waals surface area contributed by atoms with Crippen LogP contribution in [0, 0.1) is 0 Å². The van der Waals surface area contributed by atoms with Crippen molar-refractivity contribution < 1.29 is 4.74 Å². The Hall–Kier alpha value is -0.660. The molecule has 0 aromatic carbocycles. The largest absolute Gasteiger partial charge is 0.374 e. The number of hydrazine groups is 1. The van der Waals surface area contributed by atoms with Gasteiger partial charge in [-0.1, -0.05) is 25.4 Å². The zero-order valence-electron chi connectivity index (χ0n) is 13.1. The molecule has 0 saturated carbocycles. The first-order valence-corrected chi connectivity index (χ1v) is 7.98. The number of nitrogens with zero attached hydrogens (tertiary/aromatic N) is 3. The van der Waals surface area contributed by atoms with Crippen molar-refractivity contribution in [2.75, 3.05) is 26.2 Å². The van der Waals surface area contributed by atoms with Gasteiger partial charge in [0.25, 0.3) is 0 Å². The molecule has 120 valence electrons. The lowest BCUT2D eigenvalue weighted by molar-refractivity contribution is -0.0450. The van der Waals surface area contributed by atoms with E-state index in [-0.39, 0.29) is 12.1 Å². The highest BCUT2D eigenvalue weighted by molar-refractivity contribution is 6.31. The smallest absolute Gasteiger partial charge is 0.0872 e. The number of aromatic nitrogens is 2. The lowest BCUT2D eigenvalue weighted by atomic mass is 10.0. The van der Waals surface area contributed by atoms with Gasteiger partial charge in [-0.2, -0.15) is 5.10 Å². The van der Waals surface area contributed by atoms with E-state index in [9.17, 15) is 0 Å². The minimum absolute atomic E-state index is 0.0250. The maximum Gasteiger partial charge on any atom is 0.0872 e. The lowest BCUT2D eigenvalue weighted by Crippen LogP contribution is -2.54. The molecular formula is C14H26ClN5O. The van der Waals surface area contributed by atoms with Crippen LogP contribution in [-0.4, -0.2) is 53.1 Å². The van der Waals surface area contributed by atoms with E-state index in [0.717, 1.165) is 49.1 Å². The topological polar surface area (TPSA) is 68.3 Å². The summed E-state index contributed by atoms with van der Waals surface area (Å²) in [4.78, 5) is 2.38. The van der Waals surface area contributed by atoms with Crippen LogP contribution < -0.4 is 11.3 Å². The van der Waals surface area contributed by atoms with E-state index in [4.69, 9.17) is 22.2 Å². The van der Waals surface area contributed by atoms with E-state index in [2.05, 4.69) is 29.3 Å². The van der Waals surface area contributed by atoms with Gasteiger partial charge in [-0.05, 0) is 13.0 Å². The Morgan fingerprint density at radius 3 is 2.86 bits per heavy atom. The van der Waals surface area contributed by atoms with Gasteiger partial charge in [-0.15, -0.1) is 0 Å². The van der Waals surface area contributed by atoms with E-state index in [1.807, 2.05) is 11.7 Å². The van der Waals surface area contributed by atoms with Crippen molar-refractivity contribution in [3.05, 3.63) is 16.4 Å². The Morgan fingerprint density at radius 2 is 2.29 bits per heavy atom. The first kappa shape index (κ1) is 16.7. The van der Waals surface area contributed by atoms with Gasteiger partial charge in [0, 0.05) is 26.6 Å². The molecule has 1 saturated heterocycles. The Balaban J connectivity index is 2.10. The summed E-state index contributed by atoms with van der Waals surface area (Å²) < 4.78 is 7.74. The maximum absolute atomic E-state index is 6.42. The second kappa shape index (κ2) is 7.56. The molecule has 0 spiro atoms. The molecule has 2 rings (SSSR count). The Morgan fingerprint density at radius 1 is 1.52 bits per heavy atom. The number of halogens is 1. The number of morpholine rings is 1. The first-order chi connectivity index (χ1) is 10.1. The quantitative estimate of drug-likeness (QED) is 0.598. The van der Waals surface area contributed by atoms with E-state index in [1.165, 1.54) is 0 Å². The van der Waals surface area contributed by atoms with Crippen LogP contribution in [0.3, 0.4) is 0 Å². The van der Waals surface area contributed by atoms with E-state index in [0.29, 0.717) is 6.42 Å². The number of ether oxygens (including phenoxy) is 1. The Kier molecular flexibility index (Phi) is 6.01. The number of nitrogens with one attached hydrogen (secondary N) is 1. The highest BCUT2D eigenvalue weighted by Gasteiger charge is 2.29. The average Bonchev–Trinajstić information content (AvgIpc) is 2.79. The van der Waals surface area contributed by atoms with Crippen LogP contribution in [0.4, 0.5) is 0 Å². The zero-order valence-corrected chi connectivity index (χ0v) is 13.9. The second-order valence-corrected chi connectivity index (χ2v) is 5.84. The standard InChI is InChI=1S/C14H26ClN5O/c1-4-10-14(15)12(19(3)18-10)8-11(17-16)13-9-20(5-2)6-7-21-13/h11,13,17H,4-9,16H2,1-3H3. The Bertz CT molecular complexity index is 464. The molecule has 1 aliphatic rings. The zero-order chi connectivity index (χ0) is 15.4. The Labute approximate surface area is 131 Å². The third kappa shape index (κ3) is 3.76. The second-order valence-electron chi connectivity index (χ2n) is 5.46. The molecule has 1 fully saturated rings. The fourth-order valence-electron chi connectivity index (χ4n) is 2.81. The highest BCUT2D eigenvalue weighted by atomic mass is 35.5. The minimum atomic E-state index is 0.0250. The summed E-state index contributed by atoms with van der Waals surface area (Å²) >= 11 is 6.42. The van der Waals surface area contributed by atoms with Crippen molar-refractivity contribution >= 4 is 11.6 Å². The van der Waals surface area contributed by atoms with Gasteiger partial charge < -0.3 is 4.74 Å². The molecule has 7 heteroatoms. The third-order valence-electron chi connectivity index (χ3n) is 4.20. The van der Waals surface area contributed by atoms with Gasteiger partial charge in [0.2, 0.25) is 0 Å². The van der Waals surface area contributed by atoms with Crippen LogP contribution in [0.1, 0.15) is 25.2 Å². The van der Waals surface area contributed by atoms with Gasteiger partial charge in [-0.25, -0.2) is 0 Å². The molecule has 2 unspecified atom stereocenters. The fourth-order valence-corrected chi connectivity index (χ4v) is 3.18. The summed E-state index contributed by atoms with van der Waals surface area (Å²) in [6.07, 6.45) is 1.61. The minimum Gasteiger partial charge on any atom is -0.374 e. The molecule has 1 aliphatic heterocycles. The molecule has 2 atom stereocenters. The van der Waals surface area contributed by atoms with Gasteiger partial charge in [0.15, 0.2) is 0 Å². The van der Waals surface area contributed by atoms with Gasteiger partial charge in [-0.3, -0.25) is 20.9 Å². The summed E-state index contributed by atoms with van der Waals surface area (Å²) in [6, 6.07) is 0.0250. The molecule has 0 amide bonds. The van der Waals surface area contributed by atoms with Crippen LogP contribution in [0.25, 0.3) is 0 Å². The monoisotopic (exact) mass is 315 g/mol. The average molecular weight is 316 g/mol. The number of aryl methyl sites for hydroxylation is 2. The number of rotatable bonds is 6. The first-order valence-electron chi connectivity index (χ1n) is 7.60. The molecule has 6 nitrogen and oxygen atoms in total. The molecular weight excluding hydrogens is 290 g/mol. The van der Waals surface area contributed by atoms with Crippen LogP contribution in [-0.2, 0) is 24.6 Å².